The van der Waals surface area contributed by atoms with Gasteiger partial charge in [0.1, 0.15) is 0 Å². The van der Waals surface area contributed by atoms with E-state index in [-0.39, 0.29) is 7.43 Å². The second-order valence-corrected chi connectivity index (χ2v) is 4.69. The average molecular weight is 393 g/mol. The van der Waals surface area contributed by atoms with Crippen molar-refractivity contribution in [1.29, 1.82) is 0 Å². The molecule has 168 valence electrons. The first-order chi connectivity index (χ1) is 13.3. The van der Waals surface area contributed by atoms with Gasteiger partial charge in [-0.15, -0.1) is 0 Å². The van der Waals surface area contributed by atoms with Gasteiger partial charge in [0.2, 0.25) is 0 Å². The largest absolute Gasteiger partial charge is 0.0808 e. The minimum Gasteiger partial charge on any atom is -0.0808 e. The number of hydrogen-bond donors (Lipinski definition) is 0. The van der Waals surface area contributed by atoms with E-state index in [2.05, 4.69) is 101 Å². The molecule has 0 saturated carbocycles. The highest BCUT2D eigenvalue weighted by molar-refractivity contribution is 5.12. The summed E-state index contributed by atoms with van der Waals surface area (Å²) in [6.07, 6.45) is 31.0. The molecule has 0 aliphatic heterocycles. The first kappa shape index (κ1) is 41.0. The molecule has 28 heavy (non-hydrogen) atoms. The van der Waals surface area contributed by atoms with Crippen molar-refractivity contribution >= 4 is 0 Å². The van der Waals surface area contributed by atoms with E-state index in [0.717, 1.165) is 19.3 Å². The van der Waals surface area contributed by atoms with Crippen molar-refractivity contribution < 1.29 is 0 Å². The van der Waals surface area contributed by atoms with E-state index in [1.165, 1.54) is 12.8 Å². The number of allylic oxidation sites excluding steroid dienone is 12. The molecule has 3 aliphatic carbocycles. The van der Waals surface area contributed by atoms with Crippen LogP contribution in [0.2, 0.25) is 0 Å². The molecule has 0 nitrogen and oxygen atoms in total. The maximum Gasteiger partial charge on any atom is -0.0163 e. The van der Waals surface area contributed by atoms with Crippen LogP contribution in [0.5, 0.6) is 0 Å². The van der Waals surface area contributed by atoms with E-state index >= 15 is 0 Å². The monoisotopic (exact) mass is 392 g/mol. The van der Waals surface area contributed by atoms with Crippen LogP contribution in [-0.2, 0) is 0 Å². The van der Waals surface area contributed by atoms with Gasteiger partial charge in [0.25, 0.3) is 0 Å². The molecule has 0 radical (unpaired) electrons. The Balaban J connectivity index is -0.0000000510. The summed E-state index contributed by atoms with van der Waals surface area (Å²) in [5.74, 6) is 0. The highest BCUT2D eigenvalue weighted by Crippen LogP contribution is 1.94. The third kappa shape index (κ3) is 74.3. The molecule has 0 spiro atoms. The highest BCUT2D eigenvalue weighted by Gasteiger charge is 1.73. The minimum absolute atomic E-state index is 0. The molecule has 0 fully saturated rings. The molecule has 0 aromatic rings. The molecular weight excluding hydrogens is 336 g/mol. The van der Waals surface area contributed by atoms with Crippen LogP contribution in [0.25, 0.3) is 0 Å². The van der Waals surface area contributed by atoms with Crippen molar-refractivity contribution in [3.8, 4) is 0 Å². The molecule has 0 heteroatoms. The van der Waals surface area contributed by atoms with Gasteiger partial charge in [0.15, 0.2) is 0 Å². The zero-order valence-corrected chi connectivity index (χ0v) is 20.5. The summed E-state index contributed by atoms with van der Waals surface area (Å²) < 4.78 is 0. The second-order valence-electron chi connectivity index (χ2n) is 4.69. The van der Waals surface area contributed by atoms with Crippen molar-refractivity contribution in [3.63, 3.8) is 0 Å². The van der Waals surface area contributed by atoms with Gasteiger partial charge in [-0.3, -0.25) is 0 Å². The quantitative estimate of drug-likeness (QED) is 0.384. The predicted octanol–water partition coefficient (Wildman–Crippen LogP) is 11.1. The summed E-state index contributed by atoms with van der Waals surface area (Å²) in [4.78, 5) is 0. The van der Waals surface area contributed by atoms with Gasteiger partial charge in [-0.25, -0.2) is 0 Å². The highest BCUT2D eigenvalue weighted by atomic mass is 13.8. The topological polar surface area (TPSA) is 0 Å². The van der Waals surface area contributed by atoms with E-state index < -0.39 is 0 Å². The first-order valence-electron chi connectivity index (χ1n) is 11.3. The van der Waals surface area contributed by atoms with Crippen molar-refractivity contribution in [3.05, 3.63) is 72.9 Å². The van der Waals surface area contributed by atoms with Crippen LogP contribution < -0.4 is 0 Å². The van der Waals surface area contributed by atoms with Crippen LogP contribution in [0, 0.1) is 0 Å². The smallest absolute Gasteiger partial charge is 0.0163 e. The zero-order chi connectivity index (χ0) is 22.0. The van der Waals surface area contributed by atoms with Crippen LogP contribution in [0.3, 0.4) is 0 Å². The van der Waals surface area contributed by atoms with E-state index in [0.29, 0.717) is 0 Å². The van der Waals surface area contributed by atoms with Crippen LogP contribution in [0.15, 0.2) is 72.9 Å². The Hall–Kier alpha value is -1.56. The SMILES string of the molecule is C.C1=CCC=C1.C1=CCC=C1.C1=CCC=C1.CC.CC.CC.CCC.CCC. The third-order valence-corrected chi connectivity index (χ3v) is 1.97. The fourth-order valence-electron chi connectivity index (χ4n) is 1.18. The summed E-state index contributed by atoms with van der Waals surface area (Å²) in [5.41, 5.74) is 0. The molecule has 0 bridgehead atoms. The summed E-state index contributed by atoms with van der Waals surface area (Å²) in [6, 6.07) is 0. The molecule has 0 unspecified atom stereocenters. The van der Waals surface area contributed by atoms with Crippen molar-refractivity contribution in [2.45, 2.75) is 109 Å². The maximum atomic E-state index is 2.12. The summed E-state index contributed by atoms with van der Waals surface area (Å²) in [7, 11) is 0. The Labute approximate surface area is 181 Å². The van der Waals surface area contributed by atoms with E-state index in [1.807, 2.05) is 41.5 Å². The molecule has 0 N–H and O–H groups in total. The lowest BCUT2D eigenvalue weighted by molar-refractivity contribution is 1.09. The van der Waals surface area contributed by atoms with Gasteiger partial charge in [-0.05, 0) is 19.3 Å². The Morgan fingerprint density at radius 1 is 0.393 bits per heavy atom. The fourth-order valence-corrected chi connectivity index (χ4v) is 1.18. The lowest BCUT2D eigenvalue weighted by Gasteiger charge is -1.57. The molecule has 0 atom stereocenters. The van der Waals surface area contributed by atoms with E-state index in [1.54, 1.807) is 0 Å². The lowest BCUT2D eigenvalue weighted by atomic mass is 10.5. The normalized spacial score (nSPS) is 11.4. The van der Waals surface area contributed by atoms with Crippen LogP contribution in [-0.4, -0.2) is 0 Å². The molecular formula is C28H56. The Morgan fingerprint density at radius 3 is 0.536 bits per heavy atom. The van der Waals surface area contributed by atoms with Crippen molar-refractivity contribution in [1.82, 2.24) is 0 Å². The summed E-state index contributed by atoms with van der Waals surface area (Å²) in [6.45, 7) is 20.5. The Kier molecular flexibility index (Phi) is 93.2. The molecule has 0 heterocycles. The van der Waals surface area contributed by atoms with Gasteiger partial charge < -0.3 is 0 Å². The molecule has 0 saturated heterocycles. The van der Waals surface area contributed by atoms with Gasteiger partial charge >= 0.3 is 0 Å². The lowest BCUT2D eigenvalue weighted by Crippen LogP contribution is -1.37. The first-order valence-corrected chi connectivity index (χ1v) is 11.3. The van der Waals surface area contributed by atoms with Crippen molar-refractivity contribution in [2.75, 3.05) is 0 Å². The Morgan fingerprint density at radius 2 is 0.500 bits per heavy atom. The molecule has 0 aromatic carbocycles. The van der Waals surface area contributed by atoms with Crippen LogP contribution in [0.1, 0.15) is 109 Å². The molecule has 3 rings (SSSR count). The van der Waals surface area contributed by atoms with Crippen LogP contribution >= 0.6 is 0 Å². The number of hydrogen-bond acceptors (Lipinski definition) is 0. The minimum atomic E-state index is 0. The third-order valence-electron chi connectivity index (χ3n) is 1.97. The van der Waals surface area contributed by atoms with Crippen LogP contribution in [0.4, 0.5) is 0 Å². The summed E-state index contributed by atoms with van der Waals surface area (Å²) >= 11 is 0. The standard InChI is InChI=1S/3C5H6.2C3H8.3C2H6.CH4/c3*1-2-4-5-3-1;2*1-3-2;3*1-2;/h3*1-4H,5H2;2*3H2,1-2H3;3*1-2H3;1H4. The fraction of sp³-hybridized carbons (Fsp3) is 0.571. The van der Waals surface area contributed by atoms with Gasteiger partial charge in [0.05, 0.1) is 0 Å². The number of rotatable bonds is 0. The zero-order valence-electron chi connectivity index (χ0n) is 20.5. The predicted molar refractivity (Wildman–Crippen MR) is 141 cm³/mol. The van der Waals surface area contributed by atoms with Crippen molar-refractivity contribution in [2.24, 2.45) is 0 Å². The van der Waals surface area contributed by atoms with Gasteiger partial charge in [0, 0.05) is 0 Å². The maximum absolute atomic E-state index is 2.12. The molecule has 3 aliphatic rings. The van der Waals surface area contributed by atoms with Gasteiger partial charge in [-0.2, -0.15) is 0 Å². The molecule has 0 aromatic heterocycles. The van der Waals surface area contributed by atoms with E-state index in [4.69, 9.17) is 0 Å². The average Bonchev–Trinajstić information content (AvgIpc) is 3.55. The molecule has 0 amide bonds. The van der Waals surface area contributed by atoms with E-state index in [9.17, 15) is 0 Å². The second kappa shape index (κ2) is 63.7. The van der Waals surface area contributed by atoms with Gasteiger partial charge in [-0.1, -0.05) is 162 Å². The summed E-state index contributed by atoms with van der Waals surface area (Å²) in [5, 5.41) is 0. The Bertz CT molecular complexity index is 251.